The minimum atomic E-state index is -0.880. The number of hydrogen-bond donors (Lipinski definition) is 1. The highest BCUT2D eigenvalue weighted by Gasteiger charge is 2.25. The molecular formula is C21H23BrFN5O3S. The molecule has 1 saturated heterocycles. The van der Waals surface area contributed by atoms with Crippen LogP contribution in [-0.2, 0) is 11.2 Å². The number of aliphatic carboxylic acids is 1. The number of benzene rings is 1. The number of anilines is 2. The average Bonchev–Trinajstić information content (AvgIpc) is 3.18. The first kappa shape index (κ1) is 22.7. The van der Waals surface area contributed by atoms with Crippen LogP contribution in [0.3, 0.4) is 0 Å². The summed E-state index contributed by atoms with van der Waals surface area (Å²) in [4.78, 5) is 28.8. The fraction of sp³-hybridized carbons (Fsp3) is 0.429. The molecular weight excluding hydrogens is 501 g/mol. The maximum Gasteiger partial charge on any atom is 0.303 e. The molecule has 0 amide bonds. The number of aromatic nitrogens is 3. The van der Waals surface area contributed by atoms with E-state index in [-0.39, 0.29) is 24.8 Å². The van der Waals surface area contributed by atoms with Gasteiger partial charge in [-0.3, -0.25) is 4.79 Å². The summed E-state index contributed by atoms with van der Waals surface area (Å²) in [6.07, 6.45) is 1.81. The van der Waals surface area contributed by atoms with E-state index >= 15 is 0 Å². The highest BCUT2D eigenvalue weighted by molar-refractivity contribution is 9.10. The lowest BCUT2D eigenvalue weighted by molar-refractivity contribution is -0.137. The van der Waals surface area contributed by atoms with Crippen LogP contribution in [0, 0.1) is 5.82 Å². The molecule has 2 aromatic heterocycles. The van der Waals surface area contributed by atoms with Crippen LogP contribution in [0.1, 0.15) is 25.1 Å². The number of carbonyl (C=O) groups is 1. The molecule has 32 heavy (non-hydrogen) atoms. The summed E-state index contributed by atoms with van der Waals surface area (Å²) in [5.41, 5.74) is 0.589. The van der Waals surface area contributed by atoms with Gasteiger partial charge in [0.1, 0.15) is 28.2 Å². The fourth-order valence-electron chi connectivity index (χ4n) is 3.52. The average molecular weight is 524 g/mol. The minimum Gasteiger partial charge on any atom is -0.489 e. The molecule has 0 radical (unpaired) electrons. The summed E-state index contributed by atoms with van der Waals surface area (Å²) in [5, 5.41) is 9.83. The van der Waals surface area contributed by atoms with Gasteiger partial charge in [-0.05, 0) is 28.1 Å². The first-order valence-electron chi connectivity index (χ1n) is 10.2. The third-order valence-corrected chi connectivity index (χ3v) is 6.91. The molecule has 0 bridgehead atoms. The number of fused-ring (bicyclic) bond motifs is 1. The summed E-state index contributed by atoms with van der Waals surface area (Å²) in [6, 6.07) is 4.44. The molecule has 3 heterocycles. The number of carboxylic acids is 1. The number of hydrogen-bond acceptors (Lipinski definition) is 8. The Morgan fingerprint density at radius 1 is 1.31 bits per heavy atom. The standard InChI is InChI=1S/C21H23BrFN5O3S/c1-27(2)20-18-19(24-16(25-20)5-6-17(29)30)26-21(32-18)28-9-7-13(8-10-28)31-15-11-12(23)3-4-14(15)22/h3-4,11,13H,5-10H2,1-2H3,(H,29,30). The van der Waals surface area contributed by atoms with Crippen LogP contribution in [0.4, 0.5) is 15.3 Å². The zero-order chi connectivity index (χ0) is 22.8. The molecule has 8 nitrogen and oxygen atoms in total. The SMILES string of the molecule is CN(C)c1nc(CCC(=O)O)nc2nc(N3CCC(Oc4cc(F)ccc4Br)CC3)sc12. The molecule has 3 aromatic rings. The molecule has 1 fully saturated rings. The molecule has 0 aliphatic carbocycles. The second kappa shape index (κ2) is 9.53. The van der Waals surface area contributed by atoms with Gasteiger partial charge in [0.2, 0.25) is 0 Å². The van der Waals surface area contributed by atoms with E-state index in [9.17, 15) is 9.18 Å². The van der Waals surface area contributed by atoms with Gasteiger partial charge >= 0.3 is 5.97 Å². The maximum absolute atomic E-state index is 13.5. The summed E-state index contributed by atoms with van der Waals surface area (Å²) >= 11 is 4.94. The molecule has 1 N–H and O–H groups in total. The van der Waals surface area contributed by atoms with Crippen molar-refractivity contribution in [2.75, 3.05) is 37.0 Å². The largest absolute Gasteiger partial charge is 0.489 e. The topological polar surface area (TPSA) is 91.7 Å². The number of nitrogens with zero attached hydrogens (tertiary/aromatic N) is 5. The van der Waals surface area contributed by atoms with Crippen molar-refractivity contribution in [2.45, 2.75) is 31.8 Å². The lowest BCUT2D eigenvalue weighted by Gasteiger charge is -2.32. The second-order valence-electron chi connectivity index (χ2n) is 7.78. The summed E-state index contributed by atoms with van der Waals surface area (Å²) in [7, 11) is 3.80. The molecule has 0 atom stereocenters. The van der Waals surface area contributed by atoms with Gasteiger partial charge in [-0.15, -0.1) is 0 Å². The molecule has 0 spiro atoms. The zero-order valence-electron chi connectivity index (χ0n) is 17.7. The first-order valence-corrected chi connectivity index (χ1v) is 11.8. The maximum atomic E-state index is 13.5. The quantitative estimate of drug-likeness (QED) is 0.494. The van der Waals surface area contributed by atoms with E-state index in [2.05, 4.69) is 30.8 Å². The zero-order valence-corrected chi connectivity index (χ0v) is 20.1. The van der Waals surface area contributed by atoms with E-state index < -0.39 is 5.97 Å². The van der Waals surface area contributed by atoms with Gasteiger partial charge in [0.15, 0.2) is 16.6 Å². The number of rotatable bonds is 7. The minimum absolute atomic E-state index is 0.00141. The smallest absolute Gasteiger partial charge is 0.303 e. The number of ether oxygens (including phenoxy) is 1. The number of aryl methyl sites for hydroxylation is 1. The Morgan fingerprint density at radius 3 is 2.75 bits per heavy atom. The Bertz CT molecular complexity index is 1130. The molecule has 0 saturated carbocycles. The van der Waals surface area contributed by atoms with Gasteiger partial charge in [-0.2, -0.15) is 4.98 Å². The Hall–Kier alpha value is -2.53. The van der Waals surface area contributed by atoms with Gasteiger partial charge < -0.3 is 19.6 Å². The highest BCUT2D eigenvalue weighted by atomic mass is 79.9. The molecule has 11 heteroatoms. The van der Waals surface area contributed by atoms with Crippen LogP contribution in [0.5, 0.6) is 5.75 Å². The summed E-state index contributed by atoms with van der Waals surface area (Å²) < 4.78 is 21.2. The van der Waals surface area contributed by atoms with Crippen molar-refractivity contribution in [1.82, 2.24) is 15.0 Å². The normalized spacial score (nSPS) is 14.7. The van der Waals surface area contributed by atoms with Crippen molar-refractivity contribution in [3.8, 4) is 5.75 Å². The van der Waals surface area contributed by atoms with Crippen molar-refractivity contribution >= 4 is 54.5 Å². The van der Waals surface area contributed by atoms with E-state index in [1.807, 2.05) is 19.0 Å². The number of carboxylic acid groups (broad SMARTS) is 1. The first-order chi connectivity index (χ1) is 15.3. The van der Waals surface area contributed by atoms with Crippen molar-refractivity contribution in [1.29, 1.82) is 0 Å². The lowest BCUT2D eigenvalue weighted by Crippen LogP contribution is -2.38. The summed E-state index contributed by atoms with van der Waals surface area (Å²) in [5.74, 6) is 0.537. The molecule has 1 aliphatic rings. The third kappa shape index (κ3) is 5.09. The molecule has 0 unspecified atom stereocenters. The van der Waals surface area contributed by atoms with Crippen molar-refractivity contribution in [3.05, 3.63) is 34.3 Å². The predicted octanol–water partition coefficient (Wildman–Crippen LogP) is 4.12. The van der Waals surface area contributed by atoms with E-state index in [1.54, 1.807) is 6.07 Å². The predicted molar refractivity (Wildman–Crippen MR) is 125 cm³/mol. The monoisotopic (exact) mass is 523 g/mol. The van der Waals surface area contributed by atoms with Crippen molar-refractivity contribution in [3.63, 3.8) is 0 Å². The van der Waals surface area contributed by atoms with Gasteiger partial charge in [0.25, 0.3) is 0 Å². The number of thiazole rings is 1. The van der Waals surface area contributed by atoms with Gasteiger partial charge in [0.05, 0.1) is 10.9 Å². The third-order valence-electron chi connectivity index (χ3n) is 5.16. The van der Waals surface area contributed by atoms with E-state index in [0.717, 1.165) is 46.1 Å². The van der Waals surface area contributed by atoms with Crippen LogP contribution in [0.2, 0.25) is 0 Å². The highest BCUT2D eigenvalue weighted by Crippen LogP contribution is 2.35. The van der Waals surface area contributed by atoms with Crippen molar-refractivity contribution < 1.29 is 19.0 Å². The number of halogens is 2. The number of piperidine rings is 1. The van der Waals surface area contributed by atoms with Crippen molar-refractivity contribution in [2.24, 2.45) is 0 Å². The van der Waals surface area contributed by atoms with Gasteiger partial charge in [-0.25, -0.2) is 14.4 Å². The molecule has 170 valence electrons. The Morgan fingerprint density at radius 2 is 2.06 bits per heavy atom. The van der Waals surface area contributed by atoms with Crippen LogP contribution < -0.4 is 14.5 Å². The van der Waals surface area contributed by atoms with E-state index in [0.29, 0.717) is 17.2 Å². The Labute approximate surface area is 197 Å². The van der Waals surface area contributed by atoms with Crippen LogP contribution in [0.25, 0.3) is 10.3 Å². The van der Waals surface area contributed by atoms with Crippen LogP contribution in [-0.4, -0.2) is 59.3 Å². The Kier molecular flexibility index (Phi) is 6.75. The van der Waals surface area contributed by atoms with E-state index in [4.69, 9.17) is 14.8 Å². The lowest BCUT2D eigenvalue weighted by atomic mass is 10.1. The van der Waals surface area contributed by atoms with Crippen LogP contribution in [0.15, 0.2) is 22.7 Å². The van der Waals surface area contributed by atoms with E-state index in [1.165, 1.54) is 23.5 Å². The second-order valence-corrected chi connectivity index (χ2v) is 9.61. The Balaban J connectivity index is 1.48. The molecule has 1 aliphatic heterocycles. The molecule has 4 rings (SSSR count). The van der Waals surface area contributed by atoms with Gasteiger partial charge in [-0.1, -0.05) is 11.3 Å². The van der Waals surface area contributed by atoms with Gasteiger partial charge in [0, 0.05) is 52.5 Å². The fourth-order valence-corrected chi connectivity index (χ4v) is 4.99. The molecule has 1 aromatic carbocycles. The summed E-state index contributed by atoms with van der Waals surface area (Å²) in [6.45, 7) is 1.52. The van der Waals surface area contributed by atoms with Crippen LogP contribution >= 0.6 is 27.3 Å².